The molecule has 1 aromatic rings. The van der Waals surface area contributed by atoms with Crippen LogP contribution in [0.5, 0.6) is 0 Å². The average molecular weight is 260 g/mol. The van der Waals surface area contributed by atoms with Gasteiger partial charge in [0.15, 0.2) is 0 Å². The van der Waals surface area contributed by atoms with Crippen LogP contribution >= 0.6 is 0 Å². The van der Waals surface area contributed by atoms with Gasteiger partial charge in [-0.2, -0.15) is 0 Å². The van der Waals surface area contributed by atoms with E-state index in [1.54, 1.807) is 0 Å². The quantitative estimate of drug-likeness (QED) is 0.737. The minimum atomic E-state index is -0.0974. The molecule has 1 heterocycles. The van der Waals surface area contributed by atoms with E-state index in [1.165, 1.54) is 19.1 Å². The largest absolute Gasteiger partial charge is 0.303 e. The van der Waals surface area contributed by atoms with E-state index in [-0.39, 0.29) is 5.41 Å². The molecule has 0 unspecified atom stereocenters. The molecule has 0 N–H and O–H groups in total. The minimum Gasteiger partial charge on any atom is -0.303 e. The van der Waals surface area contributed by atoms with Crippen LogP contribution in [0.15, 0.2) is 18.2 Å². The van der Waals surface area contributed by atoms with Gasteiger partial charge in [0.1, 0.15) is 6.29 Å². The summed E-state index contributed by atoms with van der Waals surface area (Å²) in [6.07, 6.45) is 5.69. The molecule has 0 aromatic carbocycles. The van der Waals surface area contributed by atoms with Crippen LogP contribution in [0.4, 0.5) is 0 Å². The number of carbonyl (C=O) groups excluding carboxylic acids is 1. The molecule has 1 aliphatic rings. The normalized spacial score (nSPS) is 17.8. The number of nitrogens with zero attached hydrogens (tertiary/aromatic N) is 2. The van der Waals surface area contributed by atoms with Gasteiger partial charge in [0, 0.05) is 24.2 Å². The van der Waals surface area contributed by atoms with E-state index < -0.39 is 0 Å². The number of hydrogen-bond donors (Lipinski definition) is 0. The molecule has 1 aliphatic carbocycles. The second-order valence-electron chi connectivity index (χ2n) is 5.76. The SMILES string of the molecule is CCN(Cc1cccc(C)n1)CC1(C=O)CCCC1. The van der Waals surface area contributed by atoms with Gasteiger partial charge in [0.05, 0.1) is 5.69 Å². The second-order valence-corrected chi connectivity index (χ2v) is 5.76. The summed E-state index contributed by atoms with van der Waals surface area (Å²) in [6.45, 7) is 6.86. The van der Waals surface area contributed by atoms with Crippen molar-refractivity contribution in [3.8, 4) is 0 Å². The van der Waals surface area contributed by atoms with Crippen LogP contribution in [0.1, 0.15) is 44.0 Å². The Labute approximate surface area is 116 Å². The van der Waals surface area contributed by atoms with Crippen molar-refractivity contribution in [2.24, 2.45) is 5.41 Å². The van der Waals surface area contributed by atoms with Gasteiger partial charge in [-0.25, -0.2) is 0 Å². The standard InChI is InChI=1S/C16H24N2O/c1-3-18(11-15-8-6-7-14(2)17-15)12-16(13-19)9-4-5-10-16/h6-8,13H,3-5,9-12H2,1-2H3. The number of aryl methyl sites for hydroxylation is 1. The highest BCUT2D eigenvalue weighted by Crippen LogP contribution is 2.37. The minimum absolute atomic E-state index is 0.0974. The Balaban J connectivity index is 2.02. The molecule has 19 heavy (non-hydrogen) atoms. The molecule has 1 saturated carbocycles. The number of carbonyl (C=O) groups is 1. The lowest BCUT2D eigenvalue weighted by molar-refractivity contribution is -0.117. The number of pyridine rings is 1. The highest BCUT2D eigenvalue weighted by atomic mass is 16.1. The Kier molecular flexibility index (Phi) is 4.70. The van der Waals surface area contributed by atoms with Crippen LogP contribution < -0.4 is 0 Å². The van der Waals surface area contributed by atoms with Gasteiger partial charge in [0.25, 0.3) is 0 Å². The molecule has 0 aliphatic heterocycles. The highest BCUT2D eigenvalue weighted by molar-refractivity contribution is 5.60. The summed E-state index contributed by atoms with van der Waals surface area (Å²) in [6, 6.07) is 6.14. The van der Waals surface area contributed by atoms with E-state index in [4.69, 9.17) is 0 Å². The van der Waals surface area contributed by atoms with Crippen molar-refractivity contribution in [1.82, 2.24) is 9.88 Å². The zero-order valence-electron chi connectivity index (χ0n) is 12.1. The molecule has 2 rings (SSSR count). The molecular weight excluding hydrogens is 236 g/mol. The Bertz CT molecular complexity index is 425. The van der Waals surface area contributed by atoms with Crippen LogP contribution in [0.3, 0.4) is 0 Å². The Morgan fingerprint density at radius 1 is 1.37 bits per heavy atom. The third-order valence-electron chi connectivity index (χ3n) is 4.17. The maximum atomic E-state index is 11.4. The number of hydrogen-bond acceptors (Lipinski definition) is 3. The van der Waals surface area contributed by atoms with Crippen LogP contribution in [0.25, 0.3) is 0 Å². The van der Waals surface area contributed by atoms with E-state index in [0.29, 0.717) is 0 Å². The maximum Gasteiger partial charge on any atom is 0.127 e. The fourth-order valence-corrected chi connectivity index (χ4v) is 3.03. The molecule has 0 atom stereocenters. The summed E-state index contributed by atoms with van der Waals surface area (Å²) in [7, 11) is 0. The van der Waals surface area contributed by atoms with Gasteiger partial charge in [-0.15, -0.1) is 0 Å². The van der Waals surface area contributed by atoms with E-state index in [0.717, 1.165) is 43.9 Å². The van der Waals surface area contributed by atoms with Crippen molar-refractivity contribution in [2.45, 2.75) is 46.1 Å². The molecular formula is C16H24N2O. The molecule has 0 saturated heterocycles. The lowest BCUT2D eigenvalue weighted by atomic mass is 9.87. The first-order chi connectivity index (χ1) is 9.17. The van der Waals surface area contributed by atoms with Crippen molar-refractivity contribution in [3.05, 3.63) is 29.6 Å². The summed E-state index contributed by atoms with van der Waals surface area (Å²) in [5.41, 5.74) is 2.06. The first kappa shape index (κ1) is 14.2. The first-order valence-electron chi connectivity index (χ1n) is 7.29. The third kappa shape index (κ3) is 3.63. The van der Waals surface area contributed by atoms with Gasteiger partial charge >= 0.3 is 0 Å². The molecule has 104 valence electrons. The van der Waals surface area contributed by atoms with Gasteiger partial charge < -0.3 is 4.79 Å². The van der Waals surface area contributed by atoms with Crippen LogP contribution in [-0.2, 0) is 11.3 Å². The van der Waals surface area contributed by atoms with Crippen molar-refractivity contribution in [3.63, 3.8) is 0 Å². The average Bonchev–Trinajstić information content (AvgIpc) is 2.87. The van der Waals surface area contributed by atoms with Crippen molar-refractivity contribution in [2.75, 3.05) is 13.1 Å². The Morgan fingerprint density at radius 3 is 2.68 bits per heavy atom. The van der Waals surface area contributed by atoms with Crippen LogP contribution in [0, 0.1) is 12.3 Å². The summed E-state index contributed by atoms with van der Waals surface area (Å²) >= 11 is 0. The Hall–Kier alpha value is -1.22. The molecule has 1 aromatic heterocycles. The molecule has 0 amide bonds. The van der Waals surface area contributed by atoms with E-state index in [9.17, 15) is 4.79 Å². The summed E-state index contributed by atoms with van der Waals surface area (Å²) < 4.78 is 0. The number of aromatic nitrogens is 1. The predicted octanol–water partition coefficient (Wildman–Crippen LogP) is 2.97. The van der Waals surface area contributed by atoms with Crippen LogP contribution in [-0.4, -0.2) is 29.3 Å². The lowest BCUT2D eigenvalue weighted by Gasteiger charge is -2.30. The maximum absolute atomic E-state index is 11.4. The van der Waals surface area contributed by atoms with Crippen molar-refractivity contribution >= 4 is 6.29 Å². The van der Waals surface area contributed by atoms with Crippen LogP contribution in [0.2, 0.25) is 0 Å². The number of aldehydes is 1. The smallest absolute Gasteiger partial charge is 0.127 e. The van der Waals surface area contributed by atoms with E-state index in [1.807, 2.05) is 13.0 Å². The zero-order chi connectivity index (χ0) is 13.7. The Morgan fingerprint density at radius 2 is 2.11 bits per heavy atom. The molecule has 3 heteroatoms. The van der Waals surface area contributed by atoms with Gasteiger partial charge in [0.2, 0.25) is 0 Å². The second kappa shape index (κ2) is 6.29. The van der Waals surface area contributed by atoms with Crippen molar-refractivity contribution < 1.29 is 4.79 Å². The molecule has 3 nitrogen and oxygen atoms in total. The lowest BCUT2D eigenvalue weighted by Crippen LogP contribution is -2.37. The molecule has 0 spiro atoms. The molecule has 1 fully saturated rings. The van der Waals surface area contributed by atoms with Gasteiger partial charge in [-0.3, -0.25) is 9.88 Å². The summed E-state index contributed by atoms with van der Waals surface area (Å²) in [5.74, 6) is 0. The summed E-state index contributed by atoms with van der Waals surface area (Å²) in [4.78, 5) is 18.3. The van der Waals surface area contributed by atoms with E-state index >= 15 is 0 Å². The number of rotatable bonds is 6. The van der Waals surface area contributed by atoms with Gasteiger partial charge in [-0.1, -0.05) is 25.8 Å². The topological polar surface area (TPSA) is 33.2 Å². The highest BCUT2D eigenvalue weighted by Gasteiger charge is 2.35. The summed E-state index contributed by atoms with van der Waals surface area (Å²) in [5, 5.41) is 0. The van der Waals surface area contributed by atoms with Crippen molar-refractivity contribution in [1.29, 1.82) is 0 Å². The first-order valence-corrected chi connectivity index (χ1v) is 7.29. The zero-order valence-corrected chi connectivity index (χ0v) is 12.1. The van der Waals surface area contributed by atoms with Gasteiger partial charge in [-0.05, 0) is 38.4 Å². The molecule has 0 bridgehead atoms. The fraction of sp³-hybridized carbons (Fsp3) is 0.625. The monoisotopic (exact) mass is 260 g/mol. The fourth-order valence-electron chi connectivity index (χ4n) is 3.03. The van der Waals surface area contributed by atoms with E-state index in [2.05, 4.69) is 28.9 Å². The molecule has 0 radical (unpaired) electrons. The third-order valence-corrected chi connectivity index (χ3v) is 4.17. The predicted molar refractivity (Wildman–Crippen MR) is 76.9 cm³/mol.